The smallest absolute Gasteiger partial charge is 0.348 e. The largest absolute Gasteiger partial charge is 0.416 e. The van der Waals surface area contributed by atoms with Crippen LogP contribution in [0.25, 0.3) is 16.9 Å². The Morgan fingerprint density at radius 1 is 1.12 bits per heavy atom. The minimum atomic E-state index is -4.42. The van der Waals surface area contributed by atoms with Crippen LogP contribution in [0.3, 0.4) is 0 Å². The van der Waals surface area contributed by atoms with E-state index in [2.05, 4.69) is 15.0 Å². The summed E-state index contributed by atoms with van der Waals surface area (Å²) in [6, 6.07) is 9.12. The fourth-order valence-corrected chi connectivity index (χ4v) is 2.96. The monoisotopic (exact) mass is 376 g/mol. The van der Waals surface area contributed by atoms with Crippen molar-refractivity contribution in [1.29, 1.82) is 0 Å². The Hall–Kier alpha value is -2.80. The molecule has 3 aromatic heterocycles. The number of nitrogens with one attached hydrogen (secondary N) is 1. The molecule has 0 unspecified atom stereocenters. The maximum Gasteiger partial charge on any atom is 0.416 e. The Bertz CT molecular complexity index is 1050. The second kappa shape index (κ2) is 6.17. The van der Waals surface area contributed by atoms with Crippen LogP contribution in [0.2, 0.25) is 5.02 Å². The zero-order valence-electron chi connectivity index (χ0n) is 13.3. The van der Waals surface area contributed by atoms with Gasteiger partial charge in [-0.15, -0.1) is 0 Å². The lowest BCUT2D eigenvalue weighted by Gasteiger charge is -2.07. The molecule has 0 spiro atoms. The molecule has 3 heterocycles. The minimum absolute atomic E-state index is 0.228. The highest BCUT2D eigenvalue weighted by molar-refractivity contribution is 6.30. The third kappa shape index (κ3) is 3.06. The molecule has 8 heteroatoms. The molecule has 0 bridgehead atoms. The van der Waals surface area contributed by atoms with E-state index in [1.54, 1.807) is 41.1 Å². The van der Waals surface area contributed by atoms with Gasteiger partial charge in [0.25, 0.3) is 0 Å². The lowest BCUT2D eigenvalue weighted by atomic mass is 10.1. The van der Waals surface area contributed by atoms with Gasteiger partial charge in [-0.25, -0.2) is 9.97 Å². The van der Waals surface area contributed by atoms with Gasteiger partial charge in [-0.2, -0.15) is 13.2 Å². The summed E-state index contributed by atoms with van der Waals surface area (Å²) in [4.78, 5) is 11.7. The molecule has 0 aliphatic carbocycles. The maximum atomic E-state index is 13.0. The number of alkyl halides is 3. The van der Waals surface area contributed by atoms with Gasteiger partial charge in [-0.1, -0.05) is 23.7 Å². The van der Waals surface area contributed by atoms with Crippen molar-refractivity contribution in [3.63, 3.8) is 0 Å². The number of fused-ring (bicyclic) bond motifs is 1. The van der Waals surface area contributed by atoms with Crippen LogP contribution < -0.4 is 0 Å². The molecule has 0 atom stereocenters. The molecule has 0 saturated heterocycles. The molecule has 4 rings (SSSR count). The van der Waals surface area contributed by atoms with E-state index < -0.39 is 11.7 Å². The first-order valence-electron chi connectivity index (χ1n) is 7.74. The fourth-order valence-electron chi connectivity index (χ4n) is 2.83. The van der Waals surface area contributed by atoms with E-state index in [0.717, 1.165) is 23.4 Å². The number of H-pyrrole nitrogens is 1. The summed E-state index contributed by atoms with van der Waals surface area (Å²) in [5.74, 6) is 0.696. The normalized spacial score (nSPS) is 12.0. The van der Waals surface area contributed by atoms with Crippen LogP contribution in [-0.4, -0.2) is 19.4 Å². The van der Waals surface area contributed by atoms with Crippen molar-refractivity contribution < 1.29 is 13.2 Å². The number of nitrogens with zero attached hydrogens (tertiary/aromatic N) is 3. The van der Waals surface area contributed by atoms with Gasteiger partial charge in [0.05, 0.1) is 17.0 Å². The lowest BCUT2D eigenvalue weighted by Crippen LogP contribution is -2.06. The van der Waals surface area contributed by atoms with Gasteiger partial charge in [0, 0.05) is 35.6 Å². The first-order chi connectivity index (χ1) is 12.4. The number of hydrogen-bond acceptors (Lipinski definition) is 2. The Balaban J connectivity index is 1.91. The topological polar surface area (TPSA) is 46.0 Å². The quantitative estimate of drug-likeness (QED) is 0.547. The van der Waals surface area contributed by atoms with Crippen molar-refractivity contribution in [3.05, 3.63) is 77.1 Å². The third-order valence-electron chi connectivity index (χ3n) is 4.06. The van der Waals surface area contributed by atoms with E-state index >= 15 is 0 Å². The van der Waals surface area contributed by atoms with Gasteiger partial charge in [-0.3, -0.25) is 0 Å². The standard InChI is InChI=1S/C18H12ClF3N4/c19-13-3-1-11(2-4-13)17-14(10-15-23-6-7-24-15)26-8-5-12(18(20,21)22)9-16(26)25-17/h1-9H,10H2,(H,23,24). The number of rotatable bonds is 3. The Morgan fingerprint density at radius 3 is 2.54 bits per heavy atom. The average molecular weight is 377 g/mol. The van der Waals surface area contributed by atoms with Crippen LogP contribution in [0.15, 0.2) is 55.0 Å². The molecule has 0 amide bonds. The molecule has 1 N–H and O–H groups in total. The molecular formula is C18H12ClF3N4. The van der Waals surface area contributed by atoms with Gasteiger partial charge in [0.15, 0.2) is 0 Å². The van der Waals surface area contributed by atoms with Crippen molar-refractivity contribution in [2.75, 3.05) is 0 Å². The molecule has 132 valence electrons. The number of pyridine rings is 1. The fraction of sp³-hybridized carbons (Fsp3) is 0.111. The number of aromatic amines is 1. The van der Waals surface area contributed by atoms with Crippen LogP contribution >= 0.6 is 11.6 Å². The number of imidazole rings is 2. The Morgan fingerprint density at radius 2 is 1.88 bits per heavy atom. The number of hydrogen-bond donors (Lipinski definition) is 1. The van der Waals surface area contributed by atoms with E-state index in [4.69, 9.17) is 11.6 Å². The highest BCUT2D eigenvalue weighted by atomic mass is 35.5. The first-order valence-corrected chi connectivity index (χ1v) is 8.12. The second-order valence-electron chi connectivity index (χ2n) is 5.77. The number of halogens is 4. The molecule has 0 aliphatic heterocycles. The van der Waals surface area contributed by atoms with Gasteiger partial charge in [0.2, 0.25) is 0 Å². The van der Waals surface area contributed by atoms with Crippen molar-refractivity contribution in [2.45, 2.75) is 12.6 Å². The molecule has 0 aliphatic rings. The highest BCUT2D eigenvalue weighted by Gasteiger charge is 2.31. The van der Waals surface area contributed by atoms with E-state index in [0.29, 0.717) is 23.0 Å². The Labute approximate surface area is 151 Å². The van der Waals surface area contributed by atoms with Gasteiger partial charge < -0.3 is 9.38 Å². The SMILES string of the molecule is FC(F)(F)c1ccn2c(Cc3ncc[nH]3)c(-c3ccc(Cl)cc3)nc2c1. The molecule has 0 radical (unpaired) electrons. The first kappa shape index (κ1) is 16.7. The highest BCUT2D eigenvalue weighted by Crippen LogP contribution is 2.32. The van der Waals surface area contributed by atoms with Gasteiger partial charge in [0.1, 0.15) is 11.5 Å². The lowest BCUT2D eigenvalue weighted by molar-refractivity contribution is -0.137. The third-order valence-corrected chi connectivity index (χ3v) is 4.31. The van der Waals surface area contributed by atoms with E-state index in [9.17, 15) is 13.2 Å². The Kier molecular flexibility index (Phi) is 3.96. The second-order valence-corrected chi connectivity index (χ2v) is 6.20. The van der Waals surface area contributed by atoms with Crippen LogP contribution in [0, 0.1) is 0 Å². The zero-order chi connectivity index (χ0) is 18.3. The number of benzene rings is 1. The van der Waals surface area contributed by atoms with Gasteiger partial charge in [-0.05, 0) is 24.3 Å². The predicted octanol–water partition coefficient (Wildman–Crippen LogP) is 4.99. The van der Waals surface area contributed by atoms with Crippen molar-refractivity contribution >= 4 is 17.2 Å². The molecule has 1 aromatic carbocycles. The molecule has 4 aromatic rings. The summed E-state index contributed by atoms with van der Waals surface area (Å²) in [6.45, 7) is 0. The molecule has 26 heavy (non-hydrogen) atoms. The molecular weight excluding hydrogens is 365 g/mol. The molecule has 4 nitrogen and oxygen atoms in total. The average Bonchev–Trinajstić information content (AvgIpc) is 3.23. The summed E-state index contributed by atoms with van der Waals surface area (Å²) in [6.07, 6.45) is 0.695. The minimum Gasteiger partial charge on any atom is -0.348 e. The predicted molar refractivity (Wildman–Crippen MR) is 92.0 cm³/mol. The van der Waals surface area contributed by atoms with Crippen LogP contribution in [-0.2, 0) is 12.6 Å². The zero-order valence-corrected chi connectivity index (χ0v) is 14.0. The van der Waals surface area contributed by atoms with E-state index in [-0.39, 0.29) is 5.65 Å². The van der Waals surface area contributed by atoms with E-state index in [1.165, 1.54) is 6.20 Å². The summed E-state index contributed by atoms with van der Waals surface area (Å²) in [5, 5.41) is 0.574. The van der Waals surface area contributed by atoms with Crippen molar-refractivity contribution in [2.24, 2.45) is 0 Å². The summed E-state index contributed by atoms with van der Waals surface area (Å²) in [5.41, 5.74) is 1.60. The van der Waals surface area contributed by atoms with Gasteiger partial charge >= 0.3 is 6.18 Å². The number of aromatic nitrogens is 4. The van der Waals surface area contributed by atoms with Crippen molar-refractivity contribution in [3.8, 4) is 11.3 Å². The van der Waals surface area contributed by atoms with Crippen molar-refractivity contribution in [1.82, 2.24) is 19.4 Å². The summed E-state index contributed by atoms with van der Waals surface area (Å²) >= 11 is 5.94. The summed E-state index contributed by atoms with van der Waals surface area (Å²) < 4.78 is 40.7. The van der Waals surface area contributed by atoms with E-state index in [1.807, 2.05) is 0 Å². The summed E-state index contributed by atoms with van der Waals surface area (Å²) in [7, 11) is 0. The maximum absolute atomic E-state index is 13.0. The molecule has 0 saturated carbocycles. The van der Waals surface area contributed by atoms with Crippen LogP contribution in [0.1, 0.15) is 17.1 Å². The van der Waals surface area contributed by atoms with Crippen LogP contribution in [0.5, 0.6) is 0 Å². The molecule has 0 fully saturated rings. The van der Waals surface area contributed by atoms with Crippen LogP contribution in [0.4, 0.5) is 13.2 Å².